The highest BCUT2D eigenvalue weighted by molar-refractivity contribution is 6.30. The van der Waals surface area contributed by atoms with Crippen LogP contribution in [0.4, 0.5) is 5.69 Å². The van der Waals surface area contributed by atoms with Gasteiger partial charge in [0.2, 0.25) is 11.8 Å². The monoisotopic (exact) mass is 595 g/mol. The maximum absolute atomic E-state index is 13.7. The number of hydrogen-bond donors (Lipinski definition) is 0. The summed E-state index contributed by atoms with van der Waals surface area (Å²) in [5.41, 5.74) is 2.30. The largest absolute Gasteiger partial charge is 0.427 e. The molecule has 1 heterocycles. The van der Waals surface area contributed by atoms with Crippen LogP contribution < -0.4 is 9.64 Å². The van der Waals surface area contributed by atoms with E-state index in [1.807, 2.05) is 18.9 Å². The second-order valence-corrected chi connectivity index (χ2v) is 11.1. The molecule has 3 aromatic rings. The molecule has 0 unspecified atom stereocenters. The molecule has 0 aliphatic rings. The van der Waals surface area contributed by atoms with Crippen LogP contribution in [0.15, 0.2) is 42.5 Å². The summed E-state index contributed by atoms with van der Waals surface area (Å²) < 4.78 is 6.93. The van der Waals surface area contributed by atoms with E-state index in [0.29, 0.717) is 51.6 Å². The average Bonchev–Trinajstić information content (AvgIpc) is 3.23. The molecule has 0 aliphatic heterocycles. The van der Waals surface area contributed by atoms with Gasteiger partial charge >= 0.3 is 5.97 Å². The lowest BCUT2D eigenvalue weighted by Crippen LogP contribution is -2.30. The van der Waals surface area contributed by atoms with Crippen molar-refractivity contribution in [3.8, 4) is 5.75 Å². The number of carbonyl (C=O) groups excluding carboxylic acids is 4. The molecule has 0 spiro atoms. The van der Waals surface area contributed by atoms with Crippen molar-refractivity contribution in [3.63, 3.8) is 0 Å². The summed E-state index contributed by atoms with van der Waals surface area (Å²) in [5.74, 6) is -0.319. The van der Waals surface area contributed by atoms with Gasteiger partial charge in [-0.3, -0.25) is 23.7 Å². The molecule has 42 heavy (non-hydrogen) atoms. The summed E-state index contributed by atoms with van der Waals surface area (Å²) in [6.07, 6.45) is 7.09. The smallest absolute Gasteiger partial charge is 0.308 e. The fourth-order valence-electron chi connectivity index (χ4n) is 5.15. The Morgan fingerprint density at radius 2 is 1.55 bits per heavy atom. The number of halogens is 1. The average molecular weight is 596 g/mol. The summed E-state index contributed by atoms with van der Waals surface area (Å²) in [6.45, 7) is 8.06. The maximum atomic E-state index is 13.7. The predicted octanol–water partition coefficient (Wildman–Crippen LogP) is 7.17. The van der Waals surface area contributed by atoms with E-state index < -0.39 is 5.97 Å². The van der Waals surface area contributed by atoms with Crippen molar-refractivity contribution < 1.29 is 23.9 Å². The first-order valence-corrected chi connectivity index (χ1v) is 15.1. The number of carbonyl (C=O) groups is 4. The van der Waals surface area contributed by atoms with Crippen molar-refractivity contribution in [2.75, 3.05) is 25.0 Å². The molecular formula is C33H42ClN3O5. The van der Waals surface area contributed by atoms with E-state index in [1.54, 1.807) is 51.9 Å². The molecule has 9 heteroatoms. The number of unbranched alkanes of at least 4 members (excludes halogenated alkanes) is 5. The van der Waals surface area contributed by atoms with Crippen LogP contribution in [-0.2, 0) is 14.4 Å². The summed E-state index contributed by atoms with van der Waals surface area (Å²) in [7, 11) is 1.87. The number of amides is 2. The van der Waals surface area contributed by atoms with Gasteiger partial charge < -0.3 is 14.5 Å². The van der Waals surface area contributed by atoms with Gasteiger partial charge in [0.25, 0.3) is 5.91 Å². The molecule has 3 rings (SSSR count). The molecule has 0 saturated heterocycles. The van der Waals surface area contributed by atoms with E-state index in [-0.39, 0.29) is 17.7 Å². The zero-order valence-electron chi connectivity index (χ0n) is 25.4. The zero-order valence-corrected chi connectivity index (χ0v) is 26.1. The van der Waals surface area contributed by atoms with Crippen LogP contribution in [0.5, 0.6) is 5.75 Å². The summed E-state index contributed by atoms with van der Waals surface area (Å²) in [6, 6.07) is 11.7. The van der Waals surface area contributed by atoms with Crippen LogP contribution in [0.2, 0.25) is 5.02 Å². The van der Waals surface area contributed by atoms with Crippen molar-refractivity contribution in [1.82, 2.24) is 9.47 Å². The molecule has 0 bridgehead atoms. The molecule has 0 fully saturated rings. The Morgan fingerprint density at radius 1 is 0.881 bits per heavy atom. The third-order valence-electron chi connectivity index (χ3n) is 7.39. The highest BCUT2D eigenvalue weighted by Gasteiger charge is 2.26. The van der Waals surface area contributed by atoms with Crippen LogP contribution in [0, 0.1) is 6.92 Å². The lowest BCUT2D eigenvalue weighted by molar-refractivity contribution is -0.132. The predicted molar refractivity (Wildman–Crippen MR) is 167 cm³/mol. The molecule has 226 valence electrons. The first kappa shape index (κ1) is 32.9. The Hall–Kier alpha value is -3.65. The van der Waals surface area contributed by atoms with Crippen molar-refractivity contribution in [2.45, 2.75) is 79.1 Å². The first-order chi connectivity index (χ1) is 20.0. The Labute approximate surface area is 253 Å². The Morgan fingerprint density at radius 3 is 2.19 bits per heavy atom. The minimum Gasteiger partial charge on any atom is -0.427 e. The Kier molecular flexibility index (Phi) is 12.2. The minimum atomic E-state index is -0.456. The number of nitrogens with zero attached hydrogens (tertiary/aromatic N) is 3. The molecule has 0 saturated carbocycles. The molecule has 2 aromatic carbocycles. The number of fused-ring (bicyclic) bond motifs is 1. The highest BCUT2D eigenvalue weighted by Crippen LogP contribution is 2.37. The number of ether oxygens (including phenoxy) is 1. The van der Waals surface area contributed by atoms with E-state index in [9.17, 15) is 19.2 Å². The normalized spacial score (nSPS) is 11.0. The van der Waals surface area contributed by atoms with Gasteiger partial charge in [0, 0.05) is 62.1 Å². The van der Waals surface area contributed by atoms with Crippen molar-refractivity contribution in [2.24, 2.45) is 0 Å². The Bertz CT molecular complexity index is 1410. The topological polar surface area (TPSA) is 88.9 Å². The second kappa shape index (κ2) is 15.5. The summed E-state index contributed by atoms with van der Waals surface area (Å²) in [5, 5.41) is 1.18. The summed E-state index contributed by atoms with van der Waals surface area (Å²) in [4.78, 5) is 54.1. The lowest BCUT2D eigenvalue weighted by Gasteiger charge is -2.22. The van der Waals surface area contributed by atoms with Crippen LogP contribution in [0.3, 0.4) is 0 Å². The van der Waals surface area contributed by atoms with Gasteiger partial charge in [-0.1, -0.05) is 44.2 Å². The van der Waals surface area contributed by atoms with Crippen molar-refractivity contribution >= 4 is 51.9 Å². The van der Waals surface area contributed by atoms with E-state index in [2.05, 4.69) is 6.92 Å². The number of anilines is 1. The SMILES string of the molecule is CCCCN(C)C(=O)CCCCCCCN(C(C)=O)c1c(C)n(C(=O)c2ccc(Cl)cc2)c2ccc(OC(C)=O)cc12. The number of hydrogen-bond acceptors (Lipinski definition) is 5. The standard InChI is InChI=1S/C33H42ClN3O5/c1-6-7-20-35(5)31(40)13-11-9-8-10-12-21-36(24(3)38)32-23(2)37(33(41)26-14-16-27(34)17-15-26)30-19-18-28(22-29(30)32)42-25(4)39/h14-19,22H,6-13,20-21H2,1-5H3. The van der Waals surface area contributed by atoms with Gasteiger partial charge in [-0.15, -0.1) is 0 Å². The summed E-state index contributed by atoms with van der Waals surface area (Å²) >= 11 is 6.04. The van der Waals surface area contributed by atoms with Gasteiger partial charge in [-0.2, -0.15) is 0 Å². The molecule has 1 aromatic heterocycles. The molecular weight excluding hydrogens is 554 g/mol. The van der Waals surface area contributed by atoms with Gasteiger partial charge in [-0.05, 0) is 68.7 Å². The number of esters is 1. The minimum absolute atomic E-state index is 0.144. The van der Waals surface area contributed by atoms with Crippen LogP contribution in [-0.4, -0.2) is 53.3 Å². The molecule has 0 N–H and O–H groups in total. The number of rotatable bonds is 14. The highest BCUT2D eigenvalue weighted by atomic mass is 35.5. The fraction of sp³-hybridized carbons (Fsp3) is 0.455. The van der Waals surface area contributed by atoms with E-state index in [4.69, 9.17) is 16.3 Å². The molecule has 0 radical (unpaired) electrons. The quantitative estimate of drug-likeness (QED) is 0.112. The number of aromatic nitrogens is 1. The van der Waals surface area contributed by atoms with Gasteiger partial charge in [-0.25, -0.2) is 0 Å². The van der Waals surface area contributed by atoms with Crippen LogP contribution in [0.25, 0.3) is 10.9 Å². The van der Waals surface area contributed by atoms with Crippen LogP contribution in [0.1, 0.15) is 88.2 Å². The third kappa shape index (κ3) is 8.44. The van der Waals surface area contributed by atoms with E-state index >= 15 is 0 Å². The molecule has 2 amide bonds. The van der Waals surface area contributed by atoms with Crippen LogP contribution >= 0.6 is 11.6 Å². The van der Waals surface area contributed by atoms with Gasteiger partial charge in [0.1, 0.15) is 5.75 Å². The molecule has 0 atom stereocenters. The van der Waals surface area contributed by atoms with E-state index in [1.165, 1.54) is 13.8 Å². The zero-order chi connectivity index (χ0) is 30.8. The maximum Gasteiger partial charge on any atom is 0.308 e. The first-order valence-electron chi connectivity index (χ1n) is 14.7. The molecule has 8 nitrogen and oxygen atoms in total. The third-order valence-corrected chi connectivity index (χ3v) is 7.65. The lowest BCUT2D eigenvalue weighted by atomic mass is 10.1. The second-order valence-electron chi connectivity index (χ2n) is 10.7. The van der Waals surface area contributed by atoms with Gasteiger partial charge in [0.05, 0.1) is 11.2 Å². The van der Waals surface area contributed by atoms with Gasteiger partial charge in [0.15, 0.2) is 0 Å². The molecule has 0 aliphatic carbocycles. The van der Waals surface area contributed by atoms with Crippen molar-refractivity contribution in [3.05, 3.63) is 58.7 Å². The number of benzene rings is 2. The van der Waals surface area contributed by atoms with Crippen molar-refractivity contribution in [1.29, 1.82) is 0 Å². The Balaban J connectivity index is 1.78. The fourth-order valence-corrected chi connectivity index (χ4v) is 5.27. The van der Waals surface area contributed by atoms with E-state index in [0.717, 1.165) is 51.5 Å².